The minimum atomic E-state index is 0.152. The Balaban J connectivity index is 2.34. The SMILES string of the molecule is CC1=CC=NC2(C)CN12. The maximum atomic E-state index is 4.31. The van der Waals surface area contributed by atoms with Crippen LogP contribution in [0.1, 0.15) is 13.8 Å². The summed E-state index contributed by atoms with van der Waals surface area (Å²) in [7, 11) is 0. The molecule has 2 nitrogen and oxygen atoms in total. The molecule has 1 unspecified atom stereocenters. The van der Waals surface area contributed by atoms with E-state index in [9.17, 15) is 0 Å². The van der Waals surface area contributed by atoms with E-state index in [0.717, 1.165) is 6.54 Å². The molecule has 2 aliphatic heterocycles. The van der Waals surface area contributed by atoms with Gasteiger partial charge in [0.25, 0.3) is 0 Å². The van der Waals surface area contributed by atoms with Crippen molar-refractivity contribution in [3.05, 3.63) is 11.8 Å². The second-order valence-electron chi connectivity index (χ2n) is 2.89. The lowest BCUT2D eigenvalue weighted by molar-refractivity contribution is 0.515. The van der Waals surface area contributed by atoms with Crippen molar-refractivity contribution in [2.75, 3.05) is 6.54 Å². The van der Waals surface area contributed by atoms with E-state index in [1.165, 1.54) is 5.70 Å². The molecule has 0 bridgehead atoms. The predicted octanol–water partition coefficient (Wildman–Crippen LogP) is 1.01. The molecule has 48 valence electrons. The second kappa shape index (κ2) is 1.20. The number of fused-ring (bicyclic) bond motifs is 1. The number of hydrogen-bond donors (Lipinski definition) is 0. The number of aliphatic imine (C=N–C) groups is 1. The van der Waals surface area contributed by atoms with Crippen molar-refractivity contribution < 1.29 is 0 Å². The molecule has 0 aromatic rings. The number of nitrogens with zero attached hydrogens (tertiary/aromatic N) is 2. The Morgan fingerprint density at radius 1 is 1.78 bits per heavy atom. The lowest BCUT2D eigenvalue weighted by Crippen LogP contribution is -2.12. The highest BCUT2D eigenvalue weighted by molar-refractivity contribution is 5.74. The first kappa shape index (κ1) is 5.03. The van der Waals surface area contributed by atoms with Gasteiger partial charge in [-0.1, -0.05) is 0 Å². The molecule has 1 saturated heterocycles. The van der Waals surface area contributed by atoms with Crippen molar-refractivity contribution in [2.24, 2.45) is 4.99 Å². The Morgan fingerprint density at radius 2 is 2.56 bits per heavy atom. The third-order valence-corrected chi connectivity index (χ3v) is 2.03. The molecule has 0 spiro atoms. The van der Waals surface area contributed by atoms with Gasteiger partial charge in [0, 0.05) is 11.9 Å². The van der Waals surface area contributed by atoms with Crippen LogP contribution in [0.3, 0.4) is 0 Å². The molecule has 0 amide bonds. The van der Waals surface area contributed by atoms with Crippen molar-refractivity contribution in [3.63, 3.8) is 0 Å². The maximum Gasteiger partial charge on any atom is 0.146 e. The van der Waals surface area contributed by atoms with Crippen LogP contribution in [0.15, 0.2) is 16.8 Å². The van der Waals surface area contributed by atoms with Crippen molar-refractivity contribution in [2.45, 2.75) is 19.5 Å². The standard InChI is InChI=1S/C7H10N2/c1-6-3-4-8-7(2)5-9(6)7/h3-4H,5H2,1-2H3. The van der Waals surface area contributed by atoms with Gasteiger partial charge in [0.2, 0.25) is 0 Å². The lowest BCUT2D eigenvalue weighted by atomic mass is 10.3. The van der Waals surface area contributed by atoms with Gasteiger partial charge in [0.15, 0.2) is 0 Å². The third kappa shape index (κ3) is 0.530. The van der Waals surface area contributed by atoms with E-state index in [1.54, 1.807) is 0 Å². The van der Waals surface area contributed by atoms with Crippen molar-refractivity contribution >= 4 is 6.21 Å². The molecule has 2 heteroatoms. The highest BCUT2D eigenvalue weighted by atomic mass is 15.5. The van der Waals surface area contributed by atoms with Crippen molar-refractivity contribution in [3.8, 4) is 0 Å². The molecule has 2 rings (SSSR count). The third-order valence-electron chi connectivity index (χ3n) is 2.03. The van der Waals surface area contributed by atoms with Gasteiger partial charge in [0.05, 0.1) is 6.54 Å². The summed E-state index contributed by atoms with van der Waals surface area (Å²) >= 11 is 0. The van der Waals surface area contributed by atoms with Crippen LogP contribution in [-0.4, -0.2) is 23.3 Å². The Morgan fingerprint density at radius 3 is 3.11 bits per heavy atom. The average Bonchev–Trinajstić information content (AvgIpc) is 2.43. The van der Waals surface area contributed by atoms with Gasteiger partial charge in [-0.3, -0.25) is 4.99 Å². The summed E-state index contributed by atoms with van der Waals surface area (Å²) in [5, 5.41) is 0. The lowest BCUT2D eigenvalue weighted by Gasteiger charge is -2.11. The molecular formula is C7H10N2. The summed E-state index contributed by atoms with van der Waals surface area (Å²) in [4.78, 5) is 6.60. The highest BCUT2D eigenvalue weighted by Gasteiger charge is 2.48. The number of hydrogen-bond acceptors (Lipinski definition) is 2. The zero-order chi connectivity index (χ0) is 6.48. The van der Waals surface area contributed by atoms with Gasteiger partial charge in [-0.2, -0.15) is 0 Å². The van der Waals surface area contributed by atoms with Gasteiger partial charge in [-0.05, 0) is 19.9 Å². The molecule has 1 atom stereocenters. The highest BCUT2D eigenvalue weighted by Crippen LogP contribution is 2.38. The summed E-state index contributed by atoms with van der Waals surface area (Å²) in [6.07, 6.45) is 3.95. The minimum absolute atomic E-state index is 0.152. The van der Waals surface area contributed by atoms with Gasteiger partial charge in [0.1, 0.15) is 5.66 Å². The summed E-state index contributed by atoms with van der Waals surface area (Å²) in [6, 6.07) is 0. The molecular weight excluding hydrogens is 112 g/mol. The number of allylic oxidation sites excluding steroid dienone is 2. The normalized spacial score (nSPS) is 38.0. The van der Waals surface area contributed by atoms with E-state index in [0.29, 0.717) is 0 Å². The molecule has 2 heterocycles. The van der Waals surface area contributed by atoms with E-state index in [1.807, 2.05) is 6.21 Å². The van der Waals surface area contributed by atoms with Crippen LogP contribution in [0.25, 0.3) is 0 Å². The van der Waals surface area contributed by atoms with Crippen LogP contribution >= 0.6 is 0 Å². The quantitative estimate of drug-likeness (QED) is 0.438. The van der Waals surface area contributed by atoms with Crippen molar-refractivity contribution in [1.82, 2.24) is 4.90 Å². The molecule has 0 aromatic heterocycles. The smallest absolute Gasteiger partial charge is 0.146 e. The van der Waals surface area contributed by atoms with E-state index < -0.39 is 0 Å². The second-order valence-corrected chi connectivity index (χ2v) is 2.89. The molecule has 0 radical (unpaired) electrons. The predicted molar refractivity (Wildman–Crippen MR) is 37.4 cm³/mol. The van der Waals surface area contributed by atoms with Crippen LogP contribution in [0.2, 0.25) is 0 Å². The first-order valence-electron chi connectivity index (χ1n) is 3.22. The van der Waals surface area contributed by atoms with Crippen LogP contribution in [0, 0.1) is 0 Å². The minimum Gasteiger partial charge on any atom is -0.345 e. The Labute approximate surface area is 54.9 Å². The van der Waals surface area contributed by atoms with Crippen LogP contribution < -0.4 is 0 Å². The van der Waals surface area contributed by atoms with Gasteiger partial charge < -0.3 is 4.90 Å². The Kier molecular flexibility index (Phi) is 0.672. The van der Waals surface area contributed by atoms with E-state index in [-0.39, 0.29) is 5.66 Å². The fourth-order valence-electron chi connectivity index (χ4n) is 1.28. The summed E-state index contributed by atoms with van der Waals surface area (Å²) in [6.45, 7) is 5.38. The Bertz CT molecular complexity index is 205. The summed E-state index contributed by atoms with van der Waals surface area (Å²) in [5.74, 6) is 0. The average molecular weight is 122 g/mol. The van der Waals surface area contributed by atoms with E-state index >= 15 is 0 Å². The molecule has 1 fully saturated rings. The van der Waals surface area contributed by atoms with Gasteiger partial charge in [-0.25, -0.2) is 0 Å². The van der Waals surface area contributed by atoms with Crippen LogP contribution in [-0.2, 0) is 0 Å². The fraction of sp³-hybridized carbons (Fsp3) is 0.571. The molecule has 9 heavy (non-hydrogen) atoms. The molecule has 2 aliphatic rings. The van der Waals surface area contributed by atoms with Crippen LogP contribution in [0.5, 0.6) is 0 Å². The monoisotopic (exact) mass is 122 g/mol. The topological polar surface area (TPSA) is 15.4 Å². The zero-order valence-electron chi connectivity index (χ0n) is 5.76. The fourth-order valence-corrected chi connectivity index (χ4v) is 1.28. The molecule has 0 aliphatic carbocycles. The molecule has 0 N–H and O–H groups in total. The Hall–Kier alpha value is -0.790. The summed E-state index contributed by atoms with van der Waals surface area (Å²) in [5.41, 5.74) is 1.49. The number of rotatable bonds is 0. The molecule has 0 saturated carbocycles. The van der Waals surface area contributed by atoms with Crippen molar-refractivity contribution in [1.29, 1.82) is 0 Å². The first-order chi connectivity index (χ1) is 4.22. The van der Waals surface area contributed by atoms with Crippen LogP contribution in [0.4, 0.5) is 0 Å². The van der Waals surface area contributed by atoms with E-state index in [2.05, 4.69) is 29.8 Å². The van der Waals surface area contributed by atoms with Gasteiger partial charge in [-0.15, -0.1) is 0 Å². The molecule has 0 aromatic carbocycles. The maximum absolute atomic E-state index is 4.31. The zero-order valence-corrected chi connectivity index (χ0v) is 5.76. The van der Waals surface area contributed by atoms with E-state index in [4.69, 9.17) is 0 Å². The first-order valence-corrected chi connectivity index (χ1v) is 3.22. The summed E-state index contributed by atoms with van der Waals surface area (Å²) < 4.78 is 0. The van der Waals surface area contributed by atoms with Gasteiger partial charge >= 0.3 is 0 Å². The largest absolute Gasteiger partial charge is 0.345 e.